The van der Waals surface area contributed by atoms with E-state index in [1.807, 2.05) is 6.07 Å². The maximum atomic E-state index is 12.3. The van der Waals surface area contributed by atoms with Gasteiger partial charge in [-0.15, -0.1) is 0 Å². The molecule has 0 radical (unpaired) electrons. The lowest BCUT2D eigenvalue weighted by Crippen LogP contribution is -2.41. The highest BCUT2D eigenvalue weighted by atomic mass is 16.5. The molecular formula is C16H21N5O4. The molecule has 134 valence electrons. The van der Waals surface area contributed by atoms with Crippen molar-refractivity contribution >= 4 is 17.7 Å². The number of nitriles is 1. The van der Waals surface area contributed by atoms with E-state index in [0.29, 0.717) is 39.1 Å². The van der Waals surface area contributed by atoms with Gasteiger partial charge in [0.2, 0.25) is 5.88 Å². The lowest BCUT2D eigenvalue weighted by molar-refractivity contribution is 0.0923. The molecule has 25 heavy (non-hydrogen) atoms. The maximum absolute atomic E-state index is 12.3. The highest BCUT2D eigenvalue weighted by Crippen LogP contribution is 2.23. The number of rotatable bonds is 5. The zero-order valence-corrected chi connectivity index (χ0v) is 14.0. The van der Waals surface area contributed by atoms with Crippen molar-refractivity contribution in [3.63, 3.8) is 0 Å². The van der Waals surface area contributed by atoms with Gasteiger partial charge in [-0.2, -0.15) is 5.26 Å². The van der Waals surface area contributed by atoms with Gasteiger partial charge in [0.15, 0.2) is 0 Å². The molecule has 1 aliphatic heterocycles. The molecule has 0 unspecified atom stereocenters. The summed E-state index contributed by atoms with van der Waals surface area (Å²) >= 11 is 0. The number of carboxylic acid groups (broad SMARTS) is 1. The molecule has 0 saturated carbocycles. The highest BCUT2D eigenvalue weighted by molar-refractivity contribution is 5.93. The second-order valence-corrected chi connectivity index (χ2v) is 5.74. The molecule has 1 aromatic heterocycles. The molecule has 2 heterocycles. The topological polar surface area (TPSA) is 142 Å². The van der Waals surface area contributed by atoms with Gasteiger partial charge in [0, 0.05) is 19.6 Å². The Hall–Kier alpha value is -3.02. The minimum absolute atomic E-state index is 0.0462. The third-order valence-corrected chi connectivity index (χ3v) is 4.08. The number of nitrogen functional groups attached to an aromatic ring is 1. The number of carbonyl (C=O) groups excluding carboxylic acids is 1. The van der Waals surface area contributed by atoms with Crippen molar-refractivity contribution in [1.82, 2.24) is 15.2 Å². The van der Waals surface area contributed by atoms with Crippen LogP contribution in [0.1, 0.15) is 35.8 Å². The van der Waals surface area contributed by atoms with Crippen molar-refractivity contribution in [2.45, 2.75) is 19.8 Å². The first-order valence-electron chi connectivity index (χ1n) is 8.05. The normalized spacial score (nSPS) is 14.6. The van der Waals surface area contributed by atoms with Crippen molar-refractivity contribution < 1.29 is 19.4 Å². The first-order chi connectivity index (χ1) is 12.0. The summed E-state index contributed by atoms with van der Waals surface area (Å²) in [5, 5.41) is 20.8. The highest BCUT2D eigenvalue weighted by Gasteiger charge is 2.23. The van der Waals surface area contributed by atoms with E-state index in [1.54, 1.807) is 6.92 Å². The second kappa shape index (κ2) is 8.19. The minimum atomic E-state index is -0.914. The number of anilines is 1. The van der Waals surface area contributed by atoms with E-state index in [0.717, 1.165) is 0 Å². The molecular weight excluding hydrogens is 326 g/mol. The number of aromatic nitrogens is 1. The van der Waals surface area contributed by atoms with Crippen LogP contribution in [-0.4, -0.2) is 53.2 Å². The Morgan fingerprint density at radius 2 is 2.20 bits per heavy atom. The van der Waals surface area contributed by atoms with Crippen LogP contribution in [0, 0.1) is 17.2 Å². The Morgan fingerprint density at radius 1 is 1.52 bits per heavy atom. The molecule has 0 atom stereocenters. The van der Waals surface area contributed by atoms with Gasteiger partial charge in [0.1, 0.15) is 17.3 Å². The summed E-state index contributed by atoms with van der Waals surface area (Å²) in [6, 6.07) is 3.27. The molecule has 0 spiro atoms. The number of nitrogens with zero attached hydrogens (tertiary/aromatic N) is 3. The average molecular weight is 347 g/mol. The molecule has 2 amide bonds. The second-order valence-electron chi connectivity index (χ2n) is 5.74. The Morgan fingerprint density at radius 3 is 2.76 bits per heavy atom. The largest absolute Gasteiger partial charge is 0.477 e. The van der Waals surface area contributed by atoms with Crippen molar-refractivity contribution in [1.29, 1.82) is 5.26 Å². The van der Waals surface area contributed by atoms with E-state index in [9.17, 15) is 9.59 Å². The predicted octanol–water partition coefficient (Wildman–Crippen LogP) is 1.05. The lowest BCUT2D eigenvalue weighted by atomic mass is 9.97. The van der Waals surface area contributed by atoms with Crippen molar-refractivity contribution in [2.75, 3.05) is 32.0 Å². The van der Waals surface area contributed by atoms with Crippen LogP contribution >= 0.6 is 0 Å². The van der Waals surface area contributed by atoms with Crippen LogP contribution in [0.3, 0.4) is 0 Å². The average Bonchev–Trinajstić information content (AvgIpc) is 2.60. The fraction of sp³-hybridized carbons (Fsp3) is 0.500. The molecule has 1 aromatic rings. The van der Waals surface area contributed by atoms with E-state index < -0.39 is 12.0 Å². The van der Waals surface area contributed by atoms with Gasteiger partial charge in [-0.25, -0.2) is 9.78 Å². The number of amides is 2. The molecule has 1 aliphatic rings. The Kier molecular flexibility index (Phi) is 6.00. The number of hydrogen-bond acceptors (Lipinski definition) is 6. The van der Waals surface area contributed by atoms with E-state index >= 15 is 0 Å². The van der Waals surface area contributed by atoms with E-state index in [1.165, 1.54) is 11.0 Å². The smallest absolute Gasteiger partial charge is 0.407 e. The van der Waals surface area contributed by atoms with Crippen LogP contribution in [0.25, 0.3) is 0 Å². The Bertz CT molecular complexity index is 693. The van der Waals surface area contributed by atoms with E-state index in [2.05, 4.69) is 10.3 Å². The van der Waals surface area contributed by atoms with Crippen LogP contribution in [-0.2, 0) is 0 Å². The van der Waals surface area contributed by atoms with Gasteiger partial charge in [-0.05, 0) is 31.7 Å². The maximum Gasteiger partial charge on any atom is 0.407 e. The molecule has 2 rings (SSSR count). The molecule has 0 aliphatic carbocycles. The standard InChI is InChI=1S/C16H21N5O4/c1-2-25-15-11(8-17)12(18)7-13(20-15)14(22)19-9-10-3-5-21(6-4-10)16(23)24/h7,10H,2-6,9H2,1H3,(H2,18,20)(H,19,22)(H,23,24). The van der Waals surface area contributed by atoms with Gasteiger partial charge < -0.3 is 25.8 Å². The zero-order chi connectivity index (χ0) is 18.4. The molecule has 9 heteroatoms. The lowest BCUT2D eigenvalue weighted by Gasteiger charge is -2.29. The summed E-state index contributed by atoms with van der Waals surface area (Å²) in [5.41, 5.74) is 6.14. The summed E-state index contributed by atoms with van der Waals surface area (Å²) in [5.74, 6) is -0.149. The summed E-state index contributed by atoms with van der Waals surface area (Å²) < 4.78 is 5.27. The number of piperidine rings is 1. The number of ether oxygens (including phenoxy) is 1. The van der Waals surface area contributed by atoms with Gasteiger partial charge in [0.05, 0.1) is 12.3 Å². The Balaban J connectivity index is 1.97. The number of nitrogens with two attached hydrogens (primary N) is 1. The van der Waals surface area contributed by atoms with Gasteiger partial charge >= 0.3 is 6.09 Å². The van der Waals surface area contributed by atoms with Crippen LogP contribution in [0.5, 0.6) is 5.88 Å². The quantitative estimate of drug-likeness (QED) is 0.722. The van der Waals surface area contributed by atoms with Crippen LogP contribution in [0.4, 0.5) is 10.5 Å². The fourth-order valence-corrected chi connectivity index (χ4v) is 2.67. The molecule has 4 N–H and O–H groups in total. The molecule has 1 fully saturated rings. The third kappa shape index (κ3) is 4.50. The van der Waals surface area contributed by atoms with Gasteiger partial charge in [-0.1, -0.05) is 0 Å². The SMILES string of the molecule is CCOc1nc(C(=O)NCC2CCN(C(=O)O)CC2)cc(N)c1C#N. The van der Waals surface area contributed by atoms with E-state index in [4.69, 9.17) is 20.8 Å². The first-order valence-corrected chi connectivity index (χ1v) is 8.05. The molecule has 0 aromatic carbocycles. The number of carbonyl (C=O) groups is 2. The van der Waals surface area contributed by atoms with Crippen LogP contribution in [0.15, 0.2) is 6.07 Å². The predicted molar refractivity (Wildman–Crippen MR) is 89.2 cm³/mol. The monoisotopic (exact) mass is 347 g/mol. The number of hydrogen-bond donors (Lipinski definition) is 3. The Labute approximate surface area is 145 Å². The summed E-state index contributed by atoms with van der Waals surface area (Å²) in [6.45, 7) is 3.40. The van der Waals surface area contributed by atoms with Crippen LogP contribution in [0.2, 0.25) is 0 Å². The molecule has 0 bridgehead atoms. The van der Waals surface area contributed by atoms with Crippen LogP contribution < -0.4 is 15.8 Å². The molecule has 9 nitrogen and oxygen atoms in total. The van der Waals surface area contributed by atoms with Crippen molar-refractivity contribution in [3.8, 4) is 11.9 Å². The summed E-state index contributed by atoms with van der Waals surface area (Å²) in [4.78, 5) is 28.6. The number of likely N-dealkylation sites (tertiary alicyclic amines) is 1. The number of pyridine rings is 1. The first kappa shape index (κ1) is 18.3. The summed E-state index contributed by atoms with van der Waals surface area (Å²) in [6.07, 6.45) is 0.475. The van der Waals surface area contributed by atoms with Crippen molar-refractivity contribution in [2.24, 2.45) is 5.92 Å². The minimum Gasteiger partial charge on any atom is -0.477 e. The fourth-order valence-electron chi connectivity index (χ4n) is 2.67. The summed E-state index contributed by atoms with van der Waals surface area (Å²) in [7, 11) is 0. The van der Waals surface area contributed by atoms with E-state index in [-0.39, 0.29) is 28.7 Å². The number of nitrogens with one attached hydrogen (secondary N) is 1. The molecule has 1 saturated heterocycles. The van der Waals surface area contributed by atoms with Crippen molar-refractivity contribution in [3.05, 3.63) is 17.3 Å². The van der Waals surface area contributed by atoms with Gasteiger partial charge in [-0.3, -0.25) is 4.79 Å². The zero-order valence-electron chi connectivity index (χ0n) is 14.0. The van der Waals surface area contributed by atoms with Gasteiger partial charge in [0.25, 0.3) is 5.91 Å². The third-order valence-electron chi connectivity index (χ3n) is 4.08.